The Bertz CT molecular complexity index is 795. The normalized spacial score (nSPS) is 27.3. The van der Waals surface area contributed by atoms with Crippen LogP contribution in [-0.4, -0.2) is 65.5 Å². The van der Waals surface area contributed by atoms with Crippen molar-refractivity contribution in [3.05, 3.63) is 32.6 Å². The molecule has 1 aromatic rings. The van der Waals surface area contributed by atoms with Crippen LogP contribution < -0.4 is 11.2 Å². The molecule has 2 rings (SSSR count). The summed E-state index contributed by atoms with van der Waals surface area (Å²) in [5.41, 5.74) is -3.02. The molecule has 2 heterocycles. The van der Waals surface area contributed by atoms with Crippen LogP contribution in [0.15, 0.2) is 15.7 Å². The topological polar surface area (TPSA) is 209 Å². The fraction of sp³-hybridized carbons (Fsp3) is 0.500. The van der Waals surface area contributed by atoms with Crippen molar-refractivity contribution in [3.8, 4) is 0 Å². The van der Waals surface area contributed by atoms with Gasteiger partial charge in [0.1, 0.15) is 24.0 Å². The van der Waals surface area contributed by atoms with Crippen molar-refractivity contribution >= 4 is 13.8 Å². The quantitative estimate of drug-likeness (QED) is 0.287. The third-order valence-electron chi connectivity index (χ3n) is 3.19. The van der Waals surface area contributed by atoms with Crippen molar-refractivity contribution in [2.45, 2.75) is 24.5 Å². The lowest BCUT2D eigenvalue weighted by Crippen LogP contribution is -2.40. The first-order valence-corrected chi connectivity index (χ1v) is 7.85. The zero-order valence-electron chi connectivity index (χ0n) is 11.7. The largest absolute Gasteiger partial charge is 0.477 e. The predicted octanol–water partition coefficient (Wildman–Crippen LogP) is -3.04. The van der Waals surface area contributed by atoms with Gasteiger partial charge in [-0.05, 0) is 0 Å². The molecule has 0 unspecified atom stereocenters. The van der Waals surface area contributed by atoms with Gasteiger partial charge in [-0.3, -0.25) is 18.9 Å². The zero-order valence-corrected chi connectivity index (χ0v) is 12.6. The number of aliphatic hydroxyl groups is 2. The number of carboxylic acid groups (broad SMARTS) is 1. The molecule has 1 aromatic heterocycles. The van der Waals surface area contributed by atoms with Gasteiger partial charge in [0.2, 0.25) is 0 Å². The number of hydrogen-bond donors (Lipinski definition) is 6. The molecule has 13 nitrogen and oxygen atoms in total. The lowest BCUT2D eigenvalue weighted by atomic mass is 10.2. The Balaban J connectivity index is 2.37. The van der Waals surface area contributed by atoms with E-state index in [0.717, 1.165) is 0 Å². The minimum absolute atomic E-state index is 0.398. The van der Waals surface area contributed by atoms with E-state index < -0.39 is 61.9 Å². The highest BCUT2D eigenvalue weighted by molar-refractivity contribution is 7.46. The first-order valence-electron chi connectivity index (χ1n) is 6.32. The Labute approximate surface area is 131 Å². The molecule has 0 saturated carbocycles. The van der Waals surface area contributed by atoms with Gasteiger partial charge in [-0.1, -0.05) is 0 Å². The third kappa shape index (κ3) is 3.79. The number of aromatic carboxylic acids is 1. The van der Waals surface area contributed by atoms with E-state index in [1.807, 2.05) is 0 Å². The molecular weight excluding hydrogens is 357 g/mol. The number of carbonyl (C=O) groups is 1. The minimum Gasteiger partial charge on any atom is -0.477 e. The van der Waals surface area contributed by atoms with Crippen LogP contribution in [0.25, 0.3) is 0 Å². The fourth-order valence-corrected chi connectivity index (χ4v) is 2.51. The first kappa shape index (κ1) is 18.5. The average Bonchev–Trinajstić information content (AvgIpc) is 2.71. The van der Waals surface area contributed by atoms with Crippen LogP contribution in [0.3, 0.4) is 0 Å². The summed E-state index contributed by atoms with van der Waals surface area (Å²) in [4.78, 5) is 53.2. The number of nitrogens with zero attached hydrogens (tertiary/aromatic N) is 1. The van der Waals surface area contributed by atoms with Gasteiger partial charge in [0.05, 0.1) is 6.61 Å². The van der Waals surface area contributed by atoms with Gasteiger partial charge < -0.3 is 29.8 Å². The lowest BCUT2D eigenvalue weighted by Gasteiger charge is -2.19. The maximum Gasteiger partial charge on any atom is 0.469 e. The minimum atomic E-state index is -4.88. The molecule has 134 valence electrons. The van der Waals surface area contributed by atoms with E-state index in [2.05, 4.69) is 4.52 Å². The van der Waals surface area contributed by atoms with Crippen molar-refractivity contribution in [2.75, 3.05) is 6.61 Å². The summed E-state index contributed by atoms with van der Waals surface area (Å²) in [6, 6.07) is 0.575. The second kappa shape index (κ2) is 6.57. The van der Waals surface area contributed by atoms with E-state index in [1.54, 1.807) is 4.98 Å². The monoisotopic (exact) mass is 370 g/mol. The van der Waals surface area contributed by atoms with Gasteiger partial charge in [-0.25, -0.2) is 14.2 Å². The molecule has 1 saturated heterocycles. The number of hydrogen-bond acceptors (Lipinski definition) is 8. The predicted molar refractivity (Wildman–Crippen MR) is 72.2 cm³/mol. The van der Waals surface area contributed by atoms with Crippen LogP contribution in [0.4, 0.5) is 0 Å². The molecule has 1 aliphatic heterocycles. The summed E-state index contributed by atoms with van der Waals surface area (Å²) in [6.45, 7) is -0.834. The molecule has 4 atom stereocenters. The van der Waals surface area contributed by atoms with Crippen molar-refractivity contribution in [1.82, 2.24) is 9.55 Å². The Morgan fingerprint density at radius 3 is 2.58 bits per heavy atom. The van der Waals surface area contributed by atoms with Gasteiger partial charge >= 0.3 is 19.5 Å². The van der Waals surface area contributed by atoms with E-state index >= 15 is 0 Å². The van der Waals surface area contributed by atoms with E-state index in [1.165, 1.54) is 0 Å². The van der Waals surface area contributed by atoms with Crippen molar-refractivity contribution in [3.63, 3.8) is 0 Å². The average molecular weight is 370 g/mol. The van der Waals surface area contributed by atoms with E-state index in [-0.39, 0.29) is 0 Å². The number of aromatic nitrogens is 2. The van der Waals surface area contributed by atoms with Crippen LogP contribution in [0.5, 0.6) is 0 Å². The molecule has 0 amide bonds. The summed E-state index contributed by atoms with van der Waals surface area (Å²) in [6.07, 6.45) is -6.74. The maximum absolute atomic E-state index is 11.8. The Kier molecular flexibility index (Phi) is 5.05. The van der Waals surface area contributed by atoms with Crippen LogP contribution >= 0.6 is 7.82 Å². The number of ether oxygens (including phenoxy) is 1. The van der Waals surface area contributed by atoms with Gasteiger partial charge in [0.25, 0.3) is 5.56 Å². The zero-order chi connectivity index (χ0) is 18.2. The molecule has 0 aromatic carbocycles. The number of phosphoric acid groups is 1. The van der Waals surface area contributed by atoms with Crippen molar-refractivity contribution in [2.24, 2.45) is 0 Å². The molecular formula is C10H13N2O11P. The molecule has 0 aliphatic carbocycles. The standard InChI is InChI=1S/C10H13N2O11P/c13-5-1-3(9(16)17)12(10(18)11-5)8-7(15)6(14)4(23-8)2-22-24(19,20)21/h1,4,6-8,14-15H,2H2,(H,16,17)(H,11,13,18)(H2,19,20,21)/t4-,6-,7-,8-/m1/s1/i8+2. The number of rotatable bonds is 5. The highest BCUT2D eigenvalue weighted by Crippen LogP contribution is 2.38. The van der Waals surface area contributed by atoms with Crippen LogP contribution in [0.1, 0.15) is 16.7 Å². The number of phosphoric ester groups is 1. The van der Waals surface area contributed by atoms with Gasteiger partial charge in [0.15, 0.2) is 6.23 Å². The fourth-order valence-electron chi connectivity index (χ4n) is 2.17. The van der Waals surface area contributed by atoms with Gasteiger partial charge in [-0.15, -0.1) is 0 Å². The van der Waals surface area contributed by atoms with Crippen molar-refractivity contribution in [1.29, 1.82) is 0 Å². The summed E-state index contributed by atoms with van der Waals surface area (Å²) >= 11 is 0. The molecule has 0 radical (unpaired) electrons. The number of aromatic amines is 1. The summed E-state index contributed by atoms with van der Waals surface area (Å²) in [5.74, 6) is -1.67. The highest BCUT2D eigenvalue weighted by Gasteiger charge is 2.46. The maximum atomic E-state index is 11.8. The Hall–Kier alpha value is -1.86. The SMILES string of the molecule is O=C(O)c1cc(=O)[nH]c(=O)n1[14C@@H]1O[C@H](COP(=O)(O)O)[C@@H](O)[C@H]1O. The molecule has 1 fully saturated rings. The molecule has 0 bridgehead atoms. The highest BCUT2D eigenvalue weighted by atomic mass is 31.2. The Morgan fingerprint density at radius 1 is 1.42 bits per heavy atom. The van der Waals surface area contributed by atoms with Gasteiger partial charge in [0, 0.05) is 6.07 Å². The smallest absolute Gasteiger partial charge is 0.469 e. The lowest BCUT2D eigenvalue weighted by molar-refractivity contribution is -0.0555. The van der Waals surface area contributed by atoms with Crippen LogP contribution in [0, 0.1) is 0 Å². The Morgan fingerprint density at radius 2 is 2.04 bits per heavy atom. The summed E-state index contributed by atoms with van der Waals surface area (Å²) in [7, 11) is -4.88. The summed E-state index contributed by atoms with van der Waals surface area (Å²) < 4.78 is 20.3. The van der Waals surface area contributed by atoms with Crippen molar-refractivity contribution < 1.29 is 43.7 Å². The molecule has 14 heteroatoms. The van der Waals surface area contributed by atoms with E-state index in [9.17, 15) is 29.2 Å². The van der Waals surface area contributed by atoms with Gasteiger partial charge in [-0.2, -0.15) is 0 Å². The van der Waals surface area contributed by atoms with Crippen LogP contribution in [0.2, 0.25) is 0 Å². The number of aliphatic hydroxyl groups excluding tert-OH is 2. The van der Waals surface area contributed by atoms with Crippen LogP contribution in [-0.2, 0) is 13.8 Å². The first-order chi connectivity index (χ1) is 11.0. The second-order valence-electron chi connectivity index (χ2n) is 4.83. The number of H-pyrrole nitrogens is 1. The molecule has 1 aliphatic rings. The second-order valence-corrected chi connectivity index (χ2v) is 6.07. The summed E-state index contributed by atoms with van der Waals surface area (Å²) in [5, 5.41) is 28.8. The molecule has 6 N–H and O–H groups in total. The van der Waals surface area contributed by atoms with E-state index in [4.69, 9.17) is 19.6 Å². The number of carboxylic acids is 1. The van der Waals surface area contributed by atoms with E-state index in [0.29, 0.717) is 10.6 Å². The molecule has 0 spiro atoms. The molecule has 24 heavy (non-hydrogen) atoms. The number of nitrogens with one attached hydrogen (secondary N) is 1. The third-order valence-corrected chi connectivity index (χ3v) is 3.68.